The molecule has 2 aliphatic heterocycles. The summed E-state index contributed by atoms with van der Waals surface area (Å²) >= 11 is 0. The van der Waals surface area contributed by atoms with Crippen LogP contribution < -0.4 is 5.32 Å². The van der Waals surface area contributed by atoms with E-state index in [0.29, 0.717) is 11.9 Å². The summed E-state index contributed by atoms with van der Waals surface area (Å²) in [5, 5.41) is 3.55. The summed E-state index contributed by atoms with van der Waals surface area (Å²) in [5.41, 5.74) is -0.198. The van der Waals surface area contributed by atoms with Gasteiger partial charge in [-0.25, -0.2) is 0 Å². The highest BCUT2D eigenvalue weighted by molar-refractivity contribution is 7.85. The first-order chi connectivity index (χ1) is 8.66. The highest BCUT2D eigenvalue weighted by atomic mass is 32.2. The number of nitrogens with zero attached hydrogens (tertiary/aromatic N) is 1. The van der Waals surface area contributed by atoms with Gasteiger partial charge in [0, 0.05) is 28.3 Å². The fourth-order valence-corrected chi connectivity index (χ4v) is 4.56. The van der Waals surface area contributed by atoms with E-state index in [2.05, 4.69) is 17.1 Å². The zero-order valence-electron chi connectivity index (χ0n) is 11.0. The first-order valence-corrected chi connectivity index (χ1v) is 8.60. The summed E-state index contributed by atoms with van der Waals surface area (Å²) in [7, 11) is -0.649. The molecule has 1 atom stereocenters. The summed E-state index contributed by atoms with van der Waals surface area (Å²) < 4.78 is 11.4. The van der Waals surface area contributed by atoms with Crippen molar-refractivity contribution < 1.29 is 9.00 Å². The zero-order valence-corrected chi connectivity index (χ0v) is 11.8. The predicted molar refractivity (Wildman–Crippen MR) is 71.5 cm³/mol. The maximum atomic E-state index is 12.5. The Balaban J connectivity index is 1.75. The quantitative estimate of drug-likeness (QED) is 0.832. The second kappa shape index (κ2) is 4.60. The molecule has 102 valence electrons. The first-order valence-electron chi connectivity index (χ1n) is 7.12. The van der Waals surface area contributed by atoms with Crippen molar-refractivity contribution in [2.45, 2.75) is 63.2 Å². The number of carbonyl (C=O) groups is 1. The Hall–Kier alpha value is -0.420. The van der Waals surface area contributed by atoms with Gasteiger partial charge in [0.05, 0.1) is 11.7 Å². The maximum Gasteiger partial charge on any atom is 0.244 e. The van der Waals surface area contributed by atoms with E-state index < -0.39 is 10.8 Å². The molecule has 2 heterocycles. The number of amides is 1. The number of hydrogen-bond acceptors (Lipinski definition) is 3. The van der Waals surface area contributed by atoms with Gasteiger partial charge in [0.15, 0.2) is 0 Å². The van der Waals surface area contributed by atoms with Crippen LogP contribution in [0, 0.1) is 0 Å². The van der Waals surface area contributed by atoms with Gasteiger partial charge in [0.1, 0.15) is 0 Å². The van der Waals surface area contributed by atoms with Crippen molar-refractivity contribution in [2.24, 2.45) is 0 Å². The molecule has 18 heavy (non-hydrogen) atoms. The minimum Gasteiger partial charge on any atom is -0.322 e. The summed E-state index contributed by atoms with van der Waals surface area (Å²) in [4.78, 5) is 14.6. The molecule has 1 amide bonds. The van der Waals surface area contributed by atoms with Crippen molar-refractivity contribution in [2.75, 3.05) is 11.5 Å². The number of rotatable bonds is 3. The van der Waals surface area contributed by atoms with Crippen LogP contribution in [-0.2, 0) is 15.6 Å². The molecule has 0 aromatic heterocycles. The molecule has 3 fully saturated rings. The van der Waals surface area contributed by atoms with E-state index >= 15 is 0 Å². The van der Waals surface area contributed by atoms with Crippen LogP contribution in [-0.4, -0.2) is 44.3 Å². The Morgan fingerprint density at radius 3 is 2.61 bits per heavy atom. The molecule has 1 unspecified atom stereocenters. The summed E-state index contributed by atoms with van der Waals surface area (Å²) in [5.74, 6) is 1.85. The van der Waals surface area contributed by atoms with Crippen LogP contribution in [0.15, 0.2) is 0 Å². The third kappa shape index (κ3) is 2.01. The smallest absolute Gasteiger partial charge is 0.244 e. The Kier molecular flexibility index (Phi) is 3.22. The molecule has 5 heteroatoms. The van der Waals surface area contributed by atoms with E-state index in [4.69, 9.17) is 0 Å². The molecule has 3 rings (SSSR count). The predicted octanol–water partition coefficient (Wildman–Crippen LogP) is 0.988. The Labute approximate surface area is 111 Å². The largest absolute Gasteiger partial charge is 0.322 e. The third-order valence-electron chi connectivity index (χ3n) is 4.49. The van der Waals surface area contributed by atoms with Crippen molar-refractivity contribution in [1.29, 1.82) is 0 Å². The van der Waals surface area contributed by atoms with Gasteiger partial charge in [-0.05, 0) is 32.1 Å². The van der Waals surface area contributed by atoms with Crippen LogP contribution in [0.5, 0.6) is 0 Å². The molecular weight excluding hydrogens is 248 g/mol. The molecule has 1 N–H and O–H groups in total. The molecule has 0 aromatic rings. The minimum atomic E-state index is -0.649. The van der Waals surface area contributed by atoms with Gasteiger partial charge in [-0.1, -0.05) is 13.3 Å². The molecule has 1 aliphatic carbocycles. The van der Waals surface area contributed by atoms with E-state index in [-0.39, 0.29) is 11.7 Å². The van der Waals surface area contributed by atoms with Crippen molar-refractivity contribution in [1.82, 2.24) is 10.2 Å². The van der Waals surface area contributed by atoms with E-state index in [1.807, 2.05) is 0 Å². The lowest BCUT2D eigenvalue weighted by molar-refractivity contribution is -0.133. The first kappa shape index (κ1) is 12.6. The van der Waals surface area contributed by atoms with Crippen LogP contribution in [0.2, 0.25) is 0 Å². The zero-order chi connectivity index (χ0) is 12.8. The van der Waals surface area contributed by atoms with Gasteiger partial charge in [0.2, 0.25) is 5.91 Å². The number of carbonyl (C=O) groups excluding carboxylic acids is 1. The van der Waals surface area contributed by atoms with Crippen LogP contribution in [0.25, 0.3) is 0 Å². The second-order valence-electron chi connectivity index (χ2n) is 5.82. The van der Waals surface area contributed by atoms with Gasteiger partial charge in [-0.15, -0.1) is 0 Å². The maximum absolute atomic E-state index is 12.5. The van der Waals surface area contributed by atoms with Crippen LogP contribution in [0.4, 0.5) is 0 Å². The topological polar surface area (TPSA) is 49.4 Å². The molecule has 0 radical (unpaired) electrons. The molecule has 4 nitrogen and oxygen atoms in total. The Morgan fingerprint density at radius 1 is 1.39 bits per heavy atom. The third-order valence-corrected chi connectivity index (χ3v) is 5.87. The summed E-state index contributed by atoms with van der Waals surface area (Å²) in [6.45, 7) is 2.16. The highest BCUT2D eigenvalue weighted by Crippen LogP contribution is 2.44. The SMILES string of the molecule is CCCC1NC2(CC2)C(=O)N1C1CCS(=O)CC1. The van der Waals surface area contributed by atoms with Crippen LogP contribution in [0.3, 0.4) is 0 Å². The normalized spacial score (nSPS) is 38.4. The van der Waals surface area contributed by atoms with E-state index in [9.17, 15) is 9.00 Å². The van der Waals surface area contributed by atoms with Gasteiger partial charge in [-0.2, -0.15) is 0 Å². The van der Waals surface area contributed by atoms with Crippen molar-refractivity contribution in [3.63, 3.8) is 0 Å². The summed E-state index contributed by atoms with van der Waals surface area (Å²) in [6, 6.07) is 0.319. The fraction of sp³-hybridized carbons (Fsp3) is 0.923. The number of hydrogen-bond donors (Lipinski definition) is 1. The lowest BCUT2D eigenvalue weighted by atomic mass is 10.1. The molecule has 1 saturated carbocycles. The molecule has 1 spiro atoms. The van der Waals surface area contributed by atoms with E-state index in [1.165, 1.54) is 0 Å². The second-order valence-corrected chi connectivity index (χ2v) is 7.52. The number of nitrogens with one attached hydrogen (secondary N) is 1. The van der Waals surface area contributed by atoms with Crippen LogP contribution >= 0.6 is 0 Å². The molecule has 0 aromatic carbocycles. The monoisotopic (exact) mass is 270 g/mol. The molecular formula is C13H22N2O2S. The van der Waals surface area contributed by atoms with Crippen LogP contribution in [0.1, 0.15) is 45.4 Å². The Bertz CT molecular complexity index is 371. The van der Waals surface area contributed by atoms with Crippen molar-refractivity contribution >= 4 is 16.7 Å². The lowest BCUT2D eigenvalue weighted by Crippen LogP contribution is -2.47. The Morgan fingerprint density at radius 2 is 2.06 bits per heavy atom. The summed E-state index contributed by atoms with van der Waals surface area (Å²) in [6.07, 6.45) is 6.18. The average molecular weight is 270 g/mol. The highest BCUT2D eigenvalue weighted by Gasteiger charge is 2.59. The molecule has 3 aliphatic rings. The molecule has 2 saturated heterocycles. The lowest BCUT2D eigenvalue weighted by Gasteiger charge is -2.34. The van der Waals surface area contributed by atoms with Gasteiger partial charge in [-0.3, -0.25) is 14.3 Å². The van der Waals surface area contributed by atoms with Gasteiger partial charge < -0.3 is 4.90 Å². The van der Waals surface area contributed by atoms with Crippen molar-refractivity contribution in [3.8, 4) is 0 Å². The molecule has 0 bridgehead atoms. The van der Waals surface area contributed by atoms with E-state index in [1.54, 1.807) is 0 Å². The van der Waals surface area contributed by atoms with Crippen molar-refractivity contribution in [3.05, 3.63) is 0 Å². The van der Waals surface area contributed by atoms with Gasteiger partial charge in [0.25, 0.3) is 0 Å². The van der Waals surface area contributed by atoms with E-state index in [0.717, 1.165) is 50.0 Å². The standard InChI is InChI=1S/C13H22N2O2S/c1-2-3-11-14-13(6-7-13)12(16)15(11)10-4-8-18(17)9-5-10/h10-11,14H,2-9H2,1H3. The minimum absolute atomic E-state index is 0.198. The van der Waals surface area contributed by atoms with Gasteiger partial charge >= 0.3 is 0 Å². The fourth-order valence-electron chi connectivity index (χ4n) is 3.29. The average Bonchev–Trinajstić information content (AvgIpc) is 3.07.